The molecule has 0 unspecified atom stereocenters. The van der Waals surface area contributed by atoms with E-state index in [2.05, 4.69) is 16.8 Å². The lowest BCUT2D eigenvalue weighted by Crippen LogP contribution is -2.22. The quantitative estimate of drug-likeness (QED) is 0.698. The van der Waals surface area contributed by atoms with E-state index in [1.54, 1.807) is 6.07 Å². The number of rotatable bonds is 2. The summed E-state index contributed by atoms with van der Waals surface area (Å²) in [6.07, 6.45) is 1.83. The Kier molecular flexibility index (Phi) is 1.93. The summed E-state index contributed by atoms with van der Waals surface area (Å²) >= 11 is 0. The number of nitrogens with one attached hydrogen (secondary N) is 1. The van der Waals surface area contributed by atoms with Crippen LogP contribution in [0.3, 0.4) is 0 Å². The van der Waals surface area contributed by atoms with Crippen molar-refractivity contribution in [3.63, 3.8) is 0 Å². The Balaban J connectivity index is 2.32. The summed E-state index contributed by atoms with van der Waals surface area (Å²) in [5.74, 6) is -0.202. The summed E-state index contributed by atoms with van der Waals surface area (Å²) in [4.78, 5) is 2.10. The summed E-state index contributed by atoms with van der Waals surface area (Å²) in [6.45, 7) is 5.18. The van der Waals surface area contributed by atoms with E-state index in [0.29, 0.717) is 0 Å². The molecule has 68 valence electrons. The molecule has 1 heterocycles. The molecule has 0 atom stereocenters. The summed E-state index contributed by atoms with van der Waals surface area (Å²) in [5, 5.41) is 3.11. The Morgan fingerprint density at radius 3 is 3.23 bits per heavy atom. The molecule has 0 fully saturated rings. The predicted octanol–water partition coefficient (Wildman–Crippen LogP) is 2.20. The zero-order valence-electron chi connectivity index (χ0n) is 7.26. The van der Waals surface area contributed by atoms with Gasteiger partial charge in [-0.05, 0) is 18.2 Å². The SMILES string of the molecule is C=CCN1CNc2cc(F)ccc21. The fraction of sp³-hybridized carbons (Fsp3) is 0.200. The summed E-state index contributed by atoms with van der Waals surface area (Å²) in [7, 11) is 0. The molecule has 1 aromatic carbocycles. The molecule has 0 aromatic heterocycles. The molecule has 1 aliphatic rings. The van der Waals surface area contributed by atoms with Crippen LogP contribution in [0.1, 0.15) is 0 Å². The van der Waals surface area contributed by atoms with Crippen molar-refractivity contribution in [1.82, 2.24) is 0 Å². The Labute approximate surface area is 76.7 Å². The molecule has 0 radical (unpaired) electrons. The van der Waals surface area contributed by atoms with Crippen LogP contribution in [0.2, 0.25) is 0 Å². The van der Waals surface area contributed by atoms with Crippen molar-refractivity contribution in [3.05, 3.63) is 36.7 Å². The molecule has 0 saturated carbocycles. The van der Waals surface area contributed by atoms with Crippen LogP contribution in [0.15, 0.2) is 30.9 Å². The first kappa shape index (κ1) is 8.10. The molecule has 0 spiro atoms. The number of benzene rings is 1. The Bertz CT molecular complexity index is 336. The number of hydrogen-bond donors (Lipinski definition) is 1. The van der Waals surface area contributed by atoms with Crippen molar-refractivity contribution in [2.45, 2.75) is 0 Å². The van der Waals surface area contributed by atoms with E-state index < -0.39 is 0 Å². The van der Waals surface area contributed by atoms with E-state index in [0.717, 1.165) is 24.6 Å². The average Bonchev–Trinajstić information content (AvgIpc) is 2.49. The van der Waals surface area contributed by atoms with Crippen molar-refractivity contribution in [2.24, 2.45) is 0 Å². The third kappa shape index (κ3) is 1.37. The highest BCUT2D eigenvalue weighted by molar-refractivity contribution is 5.74. The minimum atomic E-state index is -0.202. The molecular weight excluding hydrogens is 167 g/mol. The van der Waals surface area contributed by atoms with E-state index in [1.165, 1.54) is 12.1 Å². The highest BCUT2D eigenvalue weighted by Crippen LogP contribution is 2.31. The Morgan fingerprint density at radius 2 is 2.46 bits per heavy atom. The topological polar surface area (TPSA) is 15.3 Å². The van der Waals surface area contributed by atoms with Gasteiger partial charge >= 0.3 is 0 Å². The van der Waals surface area contributed by atoms with Crippen molar-refractivity contribution in [3.8, 4) is 0 Å². The Hall–Kier alpha value is -1.51. The second-order valence-electron chi connectivity index (χ2n) is 3.01. The highest BCUT2D eigenvalue weighted by Gasteiger charge is 2.16. The number of halogens is 1. The lowest BCUT2D eigenvalue weighted by atomic mass is 10.2. The van der Waals surface area contributed by atoms with Gasteiger partial charge in [0.15, 0.2) is 0 Å². The summed E-state index contributed by atoms with van der Waals surface area (Å²) < 4.78 is 12.8. The normalized spacial score (nSPS) is 13.8. The maximum atomic E-state index is 12.8. The monoisotopic (exact) mass is 178 g/mol. The van der Waals surface area contributed by atoms with Gasteiger partial charge < -0.3 is 10.2 Å². The van der Waals surface area contributed by atoms with Crippen LogP contribution in [0.25, 0.3) is 0 Å². The first-order valence-electron chi connectivity index (χ1n) is 4.20. The molecule has 1 aromatic rings. The minimum Gasteiger partial charge on any atom is -0.366 e. The van der Waals surface area contributed by atoms with E-state index in [4.69, 9.17) is 0 Å². The minimum absolute atomic E-state index is 0.202. The molecule has 13 heavy (non-hydrogen) atoms. The van der Waals surface area contributed by atoms with Crippen molar-refractivity contribution < 1.29 is 4.39 Å². The molecule has 3 heteroatoms. The maximum absolute atomic E-state index is 12.8. The standard InChI is InChI=1S/C10H11FN2/c1-2-5-13-7-12-9-6-8(11)3-4-10(9)13/h2-4,6,12H,1,5,7H2. The van der Waals surface area contributed by atoms with Gasteiger partial charge in [-0.1, -0.05) is 6.08 Å². The second kappa shape index (κ2) is 3.09. The molecule has 1 N–H and O–H groups in total. The van der Waals surface area contributed by atoms with Gasteiger partial charge in [0.1, 0.15) is 5.82 Å². The van der Waals surface area contributed by atoms with Crippen LogP contribution in [-0.2, 0) is 0 Å². The third-order valence-corrected chi connectivity index (χ3v) is 2.11. The van der Waals surface area contributed by atoms with Crippen LogP contribution >= 0.6 is 0 Å². The maximum Gasteiger partial charge on any atom is 0.125 e. The van der Waals surface area contributed by atoms with Gasteiger partial charge in [0.2, 0.25) is 0 Å². The molecule has 2 rings (SSSR count). The van der Waals surface area contributed by atoms with E-state index in [-0.39, 0.29) is 5.82 Å². The lowest BCUT2D eigenvalue weighted by Gasteiger charge is -2.14. The highest BCUT2D eigenvalue weighted by atomic mass is 19.1. The third-order valence-electron chi connectivity index (χ3n) is 2.11. The van der Waals surface area contributed by atoms with Crippen LogP contribution in [0.5, 0.6) is 0 Å². The van der Waals surface area contributed by atoms with E-state index >= 15 is 0 Å². The predicted molar refractivity (Wildman–Crippen MR) is 52.4 cm³/mol. The van der Waals surface area contributed by atoms with Crippen molar-refractivity contribution >= 4 is 11.4 Å². The zero-order chi connectivity index (χ0) is 9.26. The number of anilines is 2. The van der Waals surface area contributed by atoms with Gasteiger partial charge in [-0.2, -0.15) is 0 Å². The van der Waals surface area contributed by atoms with Crippen LogP contribution in [0, 0.1) is 5.82 Å². The van der Waals surface area contributed by atoms with Crippen LogP contribution in [0.4, 0.5) is 15.8 Å². The molecule has 0 saturated heterocycles. The molecule has 1 aliphatic heterocycles. The van der Waals surface area contributed by atoms with Gasteiger partial charge in [0.25, 0.3) is 0 Å². The van der Waals surface area contributed by atoms with Crippen LogP contribution in [-0.4, -0.2) is 13.2 Å². The lowest BCUT2D eigenvalue weighted by molar-refractivity contribution is 0.628. The van der Waals surface area contributed by atoms with Crippen molar-refractivity contribution in [2.75, 3.05) is 23.4 Å². The van der Waals surface area contributed by atoms with Gasteiger partial charge in [-0.15, -0.1) is 6.58 Å². The Morgan fingerprint density at radius 1 is 1.62 bits per heavy atom. The van der Waals surface area contributed by atoms with E-state index in [1.807, 2.05) is 6.08 Å². The molecular formula is C10H11FN2. The fourth-order valence-electron chi connectivity index (χ4n) is 1.51. The first-order valence-corrected chi connectivity index (χ1v) is 4.20. The van der Waals surface area contributed by atoms with Crippen LogP contribution < -0.4 is 10.2 Å². The van der Waals surface area contributed by atoms with Gasteiger partial charge in [0, 0.05) is 6.54 Å². The fourth-order valence-corrected chi connectivity index (χ4v) is 1.51. The molecule has 0 amide bonds. The second-order valence-corrected chi connectivity index (χ2v) is 3.01. The molecule has 0 bridgehead atoms. The summed E-state index contributed by atoms with van der Waals surface area (Å²) in [6, 6.07) is 4.77. The van der Waals surface area contributed by atoms with E-state index in [9.17, 15) is 4.39 Å². The molecule has 2 nitrogen and oxygen atoms in total. The number of nitrogens with zero attached hydrogens (tertiary/aromatic N) is 1. The zero-order valence-corrected chi connectivity index (χ0v) is 7.26. The van der Waals surface area contributed by atoms with Gasteiger partial charge in [-0.3, -0.25) is 0 Å². The number of fused-ring (bicyclic) bond motifs is 1. The van der Waals surface area contributed by atoms with Crippen molar-refractivity contribution in [1.29, 1.82) is 0 Å². The molecule has 0 aliphatic carbocycles. The van der Waals surface area contributed by atoms with Gasteiger partial charge in [-0.25, -0.2) is 4.39 Å². The first-order chi connectivity index (χ1) is 6.31. The smallest absolute Gasteiger partial charge is 0.125 e. The summed E-state index contributed by atoms with van der Waals surface area (Å²) in [5.41, 5.74) is 1.91. The van der Waals surface area contributed by atoms with Gasteiger partial charge in [0.05, 0.1) is 18.0 Å². The largest absolute Gasteiger partial charge is 0.366 e. The number of hydrogen-bond acceptors (Lipinski definition) is 2. The average molecular weight is 178 g/mol.